The van der Waals surface area contributed by atoms with Crippen molar-refractivity contribution in [2.45, 2.75) is 39.5 Å². The number of carbonyl (C=O) groups excluding carboxylic acids is 2. The summed E-state index contributed by atoms with van der Waals surface area (Å²) in [4.78, 5) is 25.4. The molecule has 0 aromatic heterocycles. The first-order valence-corrected chi connectivity index (χ1v) is 11.9. The highest BCUT2D eigenvalue weighted by Crippen LogP contribution is 2.26. The number of sulfonamides is 1. The van der Waals surface area contributed by atoms with Crippen LogP contribution in [0.2, 0.25) is 0 Å². The molecule has 0 N–H and O–H groups in total. The maximum atomic E-state index is 12.7. The molecule has 1 fully saturated rings. The van der Waals surface area contributed by atoms with E-state index in [1.165, 1.54) is 28.6 Å². The van der Waals surface area contributed by atoms with E-state index >= 15 is 0 Å². The Morgan fingerprint density at radius 3 is 1.91 bits per heavy atom. The molecule has 3 rings (SSSR count). The fraction of sp³-hybridized carbons (Fsp3) is 0.417. The molecule has 1 aliphatic heterocycles. The van der Waals surface area contributed by atoms with E-state index in [4.69, 9.17) is 9.47 Å². The first-order valence-electron chi connectivity index (χ1n) is 10.5. The lowest BCUT2D eigenvalue weighted by Crippen LogP contribution is -2.40. The van der Waals surface area contributed by atoms with Crippen LogP contribution in [-0.4, -0.2) is 57.4 Å². The summed E-state index contributed by atoms with van der Waals surface area (Å²) in [6, 6.07) is 5.70. The maximum absolute atomic E-state index is 12.7. The van der Waals surface area contributed by atoms with Crippen LogP contribution < -0.4 is 0 Å². The second-order valence-corrected chi connectivity index (χ2v) is 9.98. The quantitative estimate of drug-likeness (QED) is 0.486. The number of nitrogens with zero attached hydrogens (tertiary/aromatic N) is 1. The molecule has 7 nitrogen and oxygen atoms in total. The van der Waals surface area contributed by atoms with Crippen molar-refractivity contribution in [3.63, 3.8) is 0 Å². The van der Waals surface area contributed by atoms with Crippen molar-refractivity contribution in [2.75, 3.05) is 32.9 Å². The molecule has 0 spiro atoms. The zero-order valence-electron chi connectivity index (χ0n) is 19.1. The van der Waals surface area contributed by atoms with Crippen LogP contribution in [0.1, 0.15) is 48.5 Å². The molecule has 0 aliphatic carbocycles. The normalized spacial score (nSPS) is 14.9. The van der Waals surface area contributed by atoms with Gasteiger partial charge in [0.1, 0.15) is 0 Å². The van der Waals surface area contributed by atoms with Crippen molar-refractivity contribution in [2.24, 2.45) is 0 Å². The Balaban J connectivity index is 1.70. The van der Waals surface area contributed by atoms with E-state index in [9.17, 15) is 18.0 Å². The predicted molar refractivity (Wildman–Crippen MR) is 121 cm³/mol. The van der Waals surface area contributed by atoms with Crippen molar-refractivity contribution in [1.82, 2.24) is 4.31 Å². The highest BCUT2D eigenvalue weighted by Gasteiger charge is 2.26. The van der Waals surface area contributed by atoms with Crippen LogP contribution in [-0.2, 0) is 19.5 Å². The lowest BCUT2D eigenvalue weighted by atomic mass is 9.90. The van der Waals surface area contributed by atoms with Crippen LogP contribution in [0, 0.1) is 34.6 Å². The molecule has 0 bridgehead atoms. The molecule has 172 valence electrons. The van der Waals surface area contributed by atoms with Gasteiger partial charge in [-0.25, -0.2) is 13.2 Å². The van der Waals surface area contributed by atoms with E-state index in [1.54, 1.807) is 0 Å². The van der Waals surface area contributed by atoms with Crippen LogP contribution >= 0.6 is 0 Å². The van der Waals surface area contributed by atoms with E-state index in [1.807, 2.05) is 34.6 Å². The summed E-state index contributed by atoms with van der Waals surface area (Å²) in [6.07, 6.45) is 0. The lowest BCUT2D eigenvalue weighted by molar-refractivity contribution is 0.0473. The van der Waals surface area contributed by atoms with Crippen LogP contribution in [0.5, 0.6) is 0 Å². The number of ketones is 1. The Labute approximate surface area is 189 Å². The molecular formula is C24H29NO6S. The number of carbonyl (C=O) groups is 2. The third-order valence-electron chi connectivity index (χ3n) is 6.32. The molecule has 0 amide bonds. The highest BCUT2D eigenvalue weighted by atomic mass is 32.2. The fourth-order valence-corrected chi connectivity index (χ4v) is 5.25. The monoisotopic (exact) mass is 459 g/mol. The summed E-state index contributed by atoms with van der Waals surface area (Å²) < 4.78 is 37.3. The van der Waals surface area contributed by atoms with E-state index in [0.29, 0.717) is 31.9 Å². The average molecular weight is 460 g/mol. The molecule has 1 heterocycles. The topological polar surface area (TPSA) is 90.0 Å². The van der Waals surface area contributed by atoms with Gasteiger partial charge in [0.15, 0.2) is 12.4 Å². The van der Waals surface area contributed by atoms with Crippen molar-refractivity contribution in [1.29, 1.82) is 0 Å². The number of benzene rings is 2. The zero-order chi connectivity index (χ0) is 23.6. The molecule has 32 heavy (non-hydrogen) atoms. The van der Waals surface area contributed by atoms with Gasteiger partial charge >= 0.3 is 5.97 Å². The summed E-state index contributed by atoms with van der Waals surface area (Å²) in [5, 5.41) is 0. The van der Waals surface area contributed by atoms with Crippen molar-refractivity contribution < 1.29 is 27.5 Å². The molecule has 0 radical (unpaired) electrons. The number of Topliss-reactive ketones (excluding diaryl/α,β-unsaturated/α-hetero) is 1. The molecule has 2 aromatic rings. The first-order chi connectivity index (χ1) is 15.1. The van der Waals surface area contributed by atoms with Gasteiger partial charge in [-0.05, 0) is 86.7 Å². The number of hydrogen-bond acceptors (Lipinski definition) is 6. The van der Waals surface area contributed by atoms with E-state index in [0.717, 1.165) is 27.8 Å². The molecule has 2 aromatic carbocycles. The number of rotatable bonds is 6. The van der Waals surface area contributed by atoms with Gasteiger partial charge in [-0.1, -0.05) is 0 Å². The van der Waals surface area contributed by atoms with Gasteiger partial charge in [-0.15, -0.1) is 0 Å². The summed E-state index contributed by atoms with van der Waals surface area (Å²) >= 11 is 0. The largest absolute Gasteiger partial charge is 0.454 e. The third kappa shape index (κ3) is 4.62. The Morgan fingerprint density at radius 2 is 1.38 bits per heavy atom. The first kappa shape index (κ1) is 24.1. The van der Waals surface area contributed by atoms with Gasteiger partial charge in [0, 0.05) is 18.7 Å². The number of ether oxygens (including phenoxy) is 2. The summed E-state index contributed by atoms with van der Waals surface area (Å²) in [5.41, 5.74) is 5.67. The van der Waals surface area contributed by atoms with Crippen molar-refractivity contribution in [3.8, 4) is 0 Å². The summed E-state index contributed by atoms with van der Waals surface area (Å²) in [6.45, 7) is 10.6. The zero-order valence-corrected chi connectivity index (χ0v) is 20.0. The number of morpholine rings is 1. The molecule has 0 unspecified atom stereocenters. The Bertz CT molecular complexity index is 1120. The molecule has 1 aliphatic rings. The Hall–Kier alpha value is -2.55. The number of esters is 1. The van der Waals surface area contributed by atoms with E-state index < -0.39 is 28.4 Å². The van der Waals surface area contributed by atoms with Crippen LogP contribution in [0.4, 0.5) is 0 Å². The minimum absolute atomic E-state index is 0.116. The average Bonchev–Trinajstić information content (AvgIpc) is 2.80. The summed E-state index contributed by atoms with van der Waals surface area (Å²) in [7, 11) is -3.63. The van der Waals surface area contributed by atoms with E-state index in [-0.39, 0.29) is 10.5 Å². The van der Waals surface area contributed by atoms with Crippen LogP contribution in [0.25, 0.3) is 0 Å². The minimum Gasteiger partial charge on any atom is -0.454 e. The predicted octanol–water partition coefficient (Wildman–Crippen LogP) is 3.29. The SMILES string of the molecule is Cc1c(C)c(C)c(C(=O)OCC(=O)c2ccc(S(=O)(=O)N3CCOCC3)cc2)c(C)c1C. The van der Waals surface area contributed by atoms with E-state index in [2.05, 4.69) is 0 Å². The fourth-order valence-electron chi connectivity index (χ4n) is 3.84. The van der Waals surface area contributed by atoms with Crippen molar-refractivity contribution >= 4 is 21.8 Å². The van der Waals surface area contributed by atoms with Crippen LogP contribution in [0.15, 0.2) is 29.2 Å². The van der Waals surface area contributed by atoms with Gasteiger partial charge in [-0.2, -0.15) is 4.31 Å². The maximum Gasteiger partial charge on any atom is 0.339 e. The van der Waals surface area contributed by atoms with Crippen molar-refractivity contribution in [3.05, 3.63) is 63.2 Å². The smallest absolute Gasteiger partial charge is 0.339 e. The van der Waals surface area contributed by atoms with Gasteiger partial charge in [0.05, 0.1) is 23.7 Å². The molecule has 0 atom stereocenters. The van der Waals surface area contributed by atoms with Gasteiger partial charge in [0.2, 0.25) is 10.0 Å². The molecule has 8 heteroatoms. The highest BCUT2D eigenvalue weighted by molar-refractivity contribution is 7.89. The summed E-state index contributed by atoms with van der Waals surface area (Å²) in [5.74, 6) is -0.935. The molecule has 0 saturated carbocycles. The van der Waals surface area contributed by atoms with Gasteiger partial charge in [-0.3, -0.25) is 4.79 Å². The van der Waals surface area contributed by atoms with Gasteiger partial charge in [0.25, 0.3) is 0 Å². The third-order valence-corrected chi connectivity index (χ3v) is 8.24. The Morgan fingerprint density at radius 1 is 0.875 bits per heavy atom. The number of hydrogen-bond donors (Lipinski definition) is 0. The van der Waals surface area contributed by atoms with Crippen LogP contribution in [0.3, 0.4) is 0 Å². The lowest BCUT2D eigenvalue weighted by Gasteiger charge is -2.26. The van der Waals surface area contributed by atoms with Gasteiger partial charge < -0.3 is 9.47 Å². The standard InChI is InChI=1S/C24H29NO6S/c1-15-16(2)18(4)23(19(5)17(15)3)24(27)31-14-22(26)20-6-8-21(9-7-20)32(28,29)25-10-12-30-13-11-25/h6-9H,10-14H2,1-5H3. The Kier molecular flexibility index (Phi) is 7.17. The second-order valence-electron chi connectivity index (χ2n) is 8.04. The molecule has 1 saturated heterocycles. The minimum atomic E-state index is -3.63. The molecular weight excluding hydrogens is 430 g/mol. The second kappa shape index (κ2) is 9.52.